The van der Waals surface area contributed by atoms with Crippen LogP contribution in [-0.4, -0.2) is 15.8 Å². The van der Waals surface area contributed by atoms with E-state index in [1.54, 1.807) is 30.4 Å². The number of benzene rings is 2. The number of hydrogen-bond donors (Lipinski definition) is 1. The lowest BCUT2D eigenvalue weighted by Gasteiger charge is -1.96. The molecule has 0 fully saturated rings. The fourth-order valence-corrected chi connectivity index (χ4v) is 2.22. The maximum atomic E-state index is 13.9. The Labute approximate surface area is 124 Å². The van der Waals surface area contributed by atoms with Gasteiger partial charge < -0.3 is 5.73 Å². The zero-order chi connectivity index (χ0) is 15.7. The van der Waals surface area contributed by atoms with Gasteiger partial charge >= 0.3 is 6.03 Å². The summed E-state index contributed by atoms with van der Waals surface area (Å²) in [5.74, 6) is -0.949. The van der Waals surface area contributed by atoms with Gasteiger partial charge in [-0.05, 0) is 29.8 Å². The Balaban J connectivity index is 2.12. The Bertz CT molecular complexity index is 900. The topological polar surface area (TPSA) is 60.9 Å². The zero-order valence-electron chi connectivity index (χ0n) is 11.3. The molecular formula is C16H11F2N3O. The minimum absolute atomic E-state index is 0.0221. The van der Waals surface area contributed by atoms with E-state index < -0.39 is 11.8 Å². The molecule has 0 spiro atoms. The molecule has 0 aliphatic heterocycles. The molecule has 3 aromatic rings. The molecule has 1 amide bonds. The van der Waals surface area contributed by atoms with Crippen molar-refractivity contribution in [1.82, 2.24) is 9.78 Å². The van der Waals surface area contributed by atoms with Crippen LogP contribution in [0.2, 0.25) is 0 Å². The van der Waals surface area contributed by atoms with Crippen molar-refractivity contribution in [3.05, 3.63) is 65.4 Å². The van der Waals surface area contributed by atoms with Crippen molar-refractivity contribution in [3.63, 3.8) is 0 Å². The third kappa shape index (κ3) is 2.46. The van der Waals surface area contributed by atoms with Crippen molar-refractivity contribution >= 4 is 29.1 Å². The summed E-state index contributed by atoms with van der Waals surface area (Å²) in [4.78, 5) is 11.4. The molecule has 0 radical (unpaired) electrons. The van der Waals surface area contributed by atoms with Gasteiger partial charge in [0, 0.05) is 5.39 Å². The molecular weight excluding hydrogens is 288 g/mol. The fraction of sp³-hybridized carbons (Fsp3) is 0. The summed E-state index contributed by atoms with van der Waals surface area (Å²) < 4.78 is 27.9. The molecule has 0 unspecified atom stereocenters. The largest absolute Gasteiger partial charge is 0.350 e. The number of hydrogen-bond acceptors (Lipinski definition) is 2. The van der Waals surface area contributed by atoms with Crippen LogP contribution in [0.25, 0.3) is 23.1 Å². The average molecular weight is 299 g/mol. The van der Waals surface area contributed by atoms with Crippen molar-refractivity contribution in [3.8, 4) is 0 Å². The highest BCUT2D eigenvalue weighted by Crippen LogP contribution is 2.23. The number of halogens is 2. The first-order valence-corrected chi connectivity index (χ1v) is 6.47. The monoisotopic (exact) mass is 299 g/mol. The SMILES string of the molecule is NC(=O)n1nc(C=Cc2cccc(F)c2)c2cccc(F)c21. The van der Waals surface area contributed by atoms with E-state index in [-0.39, 0.29) is 11.3 Å². The molecule has 0 bridgehead atoms. The number of fused-ring (bicyclic) bond motifs is 1. The molecule has 0 saturated heterocycles. The Hall–Kier alpha value is -3.02. The molecule has 4 nitrogen and oxygen atoms in total. The summed E-state index contributed by atoms with van der Waals surface area (Å²) in [7, 11) is 0. The lowest BCUT2D eigenvalue weighted by atomic mass is 10.1. The molecule has 22 heavy (non-hydrogen) atoms. The van der Waals surface area contributed by atoms with E-state index in [1.807, 2.05) is 0 Å². The van der Waals surface area contributed by atoms with Crippen LogP contribution < -0.4 is 5.73 Å². The standard InChI is InChI=1S/C16H11F2N3O/c17-11-4-1-3-10(9-11)7-8-14-12-5-2-6-13(18)15(12)21(20-14)16(19)22/h1-9H,(H2,19,22). The normalized spacial score (nSPS) is 11.4. The van der Waals surface area contributed by atoms with Gasteiger partial charge in [-0.3, -0.25) is 0 Å². The van der Waals surface area contributed by atoms with Crippen LogP contribution in [-0.2, 0) is 0 Å². The van der Waals surface area contributed by atoms with Crippen LogP contribution in [0, 0.1) is 11.6 Å². The number of carbonyl (C=O) groups is 1. The Morgan fingerprint density at radius 3 is 2.64 bits per heavy atom. The van der Waals surface area contributed by atoms with E-state index in [0.717, 1.165) is 4.68 Å². The molecule has 0 aliphatic carbocycles. The Kier molecular flexibility index (Phi) is 3.42. The van der Waals surface area contributed by atoms with E-state index >= 15 is 0 Å². The number of aromatic nitrogens is 2. The zero-order valence-corrected chi connectivity index (χ0v) is 11.3. The molecule has 0 aliphatic rings. The van der Waals surface area contributed by atoms with Gasteiger partial charge in [-0.1, -0.05) is 30.3 Å². The van der Waals surface area contributed by atoms with Gasteiger partial charge in [-0.15, -0.1) is 0 Å². The van der Waals surface area contributed by atoms with Gasteiger partial charge in [-0.2, -0.15) is 9.78 Å². The predicted molar refractivity (Wildman–Crippen MR) is 80.0 cm³/mol. The van der Waals surface area contributed by atoms with Crippen LogP contribution in [0.4, 0.5) is 13.6 Å². The summed E-state index contributed by atoms with van der Waals surface area (Å²) in [6.45, 7) is 0. The molecule has 0 atom stereocenters. The number of rotatable bonds is 2. The van der Waals surface area contributed by atoms with Gasteiger partial charge in [0.15, 0.2) is 0 Å². The van der Waals surface area contributed by atoms with Gasteiger partial charge in [0.1, 0.15) is 17.2 Å². The smallest absolute Gasteiger partial charge is 0.340 e. The summed E-state index contributed by atoms with van der Waals surface area (Å²) in [5, 5.41) is 4.46. The third-order valence-electron chi connectivity index (χ3n) is 3.17. The van der Waals surface area contributed by atoms with Crippen molar-refractivity contribution in [2.45, 2.75) is 0 Å². The number of amides is 1. The molecule has 110 valence electrons. The molecule has 6 heteroatoms. The van der Waals surface area contributed by atoms with E-state index in [2.05, 4.69) is 5.10 Å². The van der Waals surface area contributed by atoms with E-state index in [4.69, 9.17) is 5.73 Å². The van der Waals surface area contributed by atoms with Gasteiger partial charge in [0.2, 0.25) is 0 Å². The second-order valence-corrected chi connectivity index (χ2v) is 4.66. The minimum atomic E-state index is -0.875. The minimum Gasteiger partial charge on any atom is -0.350 e. The highest BCUT2D eigenvalue weighted by Gasteiger charge is 2.15. The Morgan fingerprint density at radius 2 is 1.91 bits per heavy atom. The molecule has 1 heterocycles. The molecule has 2 aromatic carbocycles. The van der Waals surface area contributed by atoms with Crippen LogP contribution in [0.1, 0.15) is 11.3 Å². The van der Waals surface area contributed by atoms with Crippen molar-refractivity contribution < 1.29 is 13.6 Å². The molecule has 0 saturated carbocycles. The summed E-state index contributed by atoms with van der Waals surface area (Å²) >= 11 is 0. The van der Waals surface area contributed by atoms with Crippen molar-refractivity contribution in [1.29, 1.82) is 0 Å². The quantitative estimate of drug-likeness (QED) is 0.788. The van der Waals surface area contributed by atoms with E-state index in [0.29, 0.717) is 16.6 Å². The number of nitrogens with zero attached hydrogens (tertiary/aromatic N) is 2. The van der Waals surface area contributed by atoms with E-state index in [9.17, 15) is 13.6 Å². The van der Waals surface area contributed by atoms with Gasteiger partial charge in [0.05, 0.1) is 5.69 Å². The number of nitrogens with two attached hydrogens (primary N) is 1. The van der Waals surface area contributed by atoms with Crippen LogP contribution >= 0.6 is 0 Å². The van der Waals surface area contributed by atoms with Gasteiger partial charge in [-0.25, -0.2) is 13.6 Å². The first-order valence-electron chi connectivity index (χ1n) is 6.47. The number of primary amides is 1. The van der Waals surface area contributed by atoms with Crippen molar-refractivity contribution in [2.75, 3.05) is 0 Å². The highest BCUT2D eigenvalue weighted by atomic mass is 19.1. The van der Waals surface area contributed by atoms with Gasteiger partial charge in [0.25, 0.3) is 0 Å². The fourth-order valence-electron chi connectivity index (χ4n) is 2.22. The lowest BCUT2D eigenvalue weighted by Crippen LogP contribution is -2.21. The average Bonchev–Trinajstić information content (AvgIpc) is 2.86. The van der Waals surface area contributed by atoms with Crippen LogP contribution in [0.3, 0.4) is 0 Å². The van der Waals surface area contributed by atoms with Crippen LogP contribution in [0.5, 0.6) is 0 Å². The van der Waals surface area contributed by atoms with Crippen LogP contribution in [0.15, 0.2) is 42.5 Å². The molecule has 2 N–H and O–H groups in total. The maximum Gasteiger partial charge on any atom is 0.340 e. The Morgan fingerprint density at radius 1 is 1.14 bits per heavy atom. The summed E-state index contributed by atoms with van der Waals surface area (Å²) in [6, 6.07) is 9.49. The number of carbonyl (C=O) groups excluding carboxylic acids is 1. The maximum absolute atomic E-state index is 13.9. The molecule has 1 aromatic heterocycles. The first-order chi connectivity index (χ1) is 10.6. The second-order valence-electron chi connectivity index (χ2n) is 4.66. The first kappa shape index (κ1) is 13.9. The molecule has 3 rings (SSSR count). The second kappa shape index (κ2) is 5.40. The third-order valence-corrected chi connectivity index (χ3v) is 3.17. The lowest BCUT2D eigenvalue weighted by molar-refractivity contribution is 0.248. The summed E-state index contributed by atoms with van der Waals surface area (Å²) in [6.07, 6.45) is 3.21. The summed E-state index contributed by atoms with van der Waals surface area (Å²) in [5.41, 5.74) is 6.23. The predicted octanol–water partition coefficient (Wildman–Crippen LogP) is 3.41. The highest BCUT2D eigenvalue weighted by molar-refractivity contribution is 5.95. The number of para-hydroxylation sites is 1. The van der Waals surface area contributed by atoms with Crippen molar-refractivity contribution in [2.24, 2.45) is 5.73 Å². The van der Waals surface area contributed by atoms with E-state index in [1.165, 1.54) is 24.3 Å².